The van der Waals surface area contributed by atoms with Crippen LogP contribution < -0.4 is 10.1 Å². The summed E-state index contributed by atoms with van der Waals surface area (Å²) in [6, 6.07) is 3.72. The van der Waals surface area contributed by atoms with E-state index in [1.54, 1.807) is 14.2 Å². The van der Waals surface area contributed by atoms with Gasteiger partial charge in [0.15, 0.2) is 0 Å². The molecule has 18 heavy (non-hydrogen) atoms. The van der Waals surface area contributed by atoms with Gasteiger partial charge in [0, 0.05) is 30.8 Å². The fraction of sp³-hybridized carbons (Fsp3) is 0.538. The zero-order valence-corrected chi connectivity index (χ0v) is 11.4. The minimum Gasteiger partial charge on any atom is -0.496 e. The maximum absolute atomic E-state index is 6.08. The molecule has 0 amide bonds. The van der Waals surface area contributed by atoms with Gasteiger partial charge in [0.2, 0.25) is 0 Å². The molecule has 1 heterocycles. The van der Waals surface area contributed by atoms with E-state index in [-0.39, 0.29) is 6.10 Å². The highest BCUT2D eigenvalue weighted by Gasteiger charge is 2.23. The Kier molecular flexibility index (Phi) is 4.83. The fourth-order valence-corrected chi connectivity index (χ4v) is 2.44. The number of methoxy groups -OCH3 is 2. The molecule has 0 aliphatic carbocycles. The third-order valence-electron chi connectivity index (χ3n) is 2.96. The number of hydrogen-bond donors (Lipinski definition) is 1. The molecule has 0 spiro atoms. The molecular formula is C13H18ClNO3. The predicted molar refractivity (Wildman–Crippen MR) is 70.3 cm³/mol. The molecule has 0 bridgehead atoms. The van der Waals surface area contributed by atoms with Gasteiger partial charge in [-0.15, -0.1) is 0 Å². The third-order valence-corrected chi connectivity index (χ3v) is 3.18. The van der Waals surface area contributed by atoms with E-state index < -0.39 is 0 Å². The Balaban J connectivity index is 2.39. The lowest BCUT2D eigenvalue weighted by molar-refractivity contribution is 0.0246. The quantitative estimate of drug-likeness (QED) is 0.911. The minimum atomic E-state index is -0.0175. The molecule has 1 fully saturated rings. The third kappa shape index (κ3) is 2.95. The van der Waals surface area contributed by atoms with Gasteiger partial charge in [-0.05, 0) is 17.7 Å². The number of morpholine rings is 1. The van der Waals surface area contributed by atoms with Crippen molar-refractivity contribution in [3.8, 4) is 5.75 Å². The van der Waals surface area contributed by atoms with Crippen LogP contribution in [-0.4, -0.2) is 33.9 Å². The second-order valence-corrected chi connectivity index (χ2v) is 4.61. The van der Waals surface area contributed by atoms with Crippen LogP contribution in [0, 0.1) is 0 Å². The first kappa shape index (κ1) is 13.6. The number of nitrogens with one attached hydrogen (secondary N) is 1. The Bertz CT molecular complexity index is 405. The average Bonchev–Trinajstić information content (AvgIpc) is 2.39. The summed E-state index contributed by atoms with van der Waals surface area (Å²) in [6.07, 6.45) is -0.0175. The van der Waals surface area contributed by atoms with Crippen LogP contribution in [0.15, 0.2) is 12.1 Å². The standard InChI is InChI=1S/C13H18ClNO3/c1-16-8-9-5-10(14)6-11(17-2)13(9)12-7-15-3-4-18-12/h5-6,12,15H,3-4,7-8H2,1-2H3. The molecule has 1 aliphatic heterocycles. The lowest BCUT2D eigenvalue weighted by atomic mass is 10.0. The molecule has 4 nitrogen and oxygen atoms in total. The van der Waals surface area contributed by atoms with Crippen LogP contribution >= 0.6 is 11.6 Å². The predicted octanol–water partition coefficient (Wildman–Crippen LogP) is 2.16. The lowest BCUT2D eigenvalue weighted by Crippen LogP contribution is -2.34. The number of rotatable bonds is 4. The van der Waals surface area contributed by atoms with Crippen molar-refractivity contribution in [2.75, 3.05) is 33.9 Å². The van der Waals surface area contributed by atoms with E-state index in [1.165, 1.54) is 0 Å². The molecule has 5 heteroatoms. The summed E-state index contributed by atoms with van der Waals surface area (Å²) in [6.45, 7) is 2.84. The zero-order chi connectivity index (χ0) is 13.0. The van der Waals surface area contributed by atoms with E-state index in [0.717, 1.165) is 30.0 Å². The van der Waals surface area contributed by atoms with Gasteiger partial charge < -0.3 is 19.5 Å². The number of ether oxygens (including phenoxy) is 3. The van der Waals surface area contributed by atoms with E-state index in [1.807, 2.05) is 12.1 Å². The molecule has 0 aromatic heterocycles. The van der Waals surface area contributed by atoms with Gasteiger partial charge >= 0.3 is 0 Å². The molecule has 0 saturated carbocycles. The topological polar surface area (TPSA) is 39.7 Å². The van der Waals surface area contributed by atoms with Crippen LogP contribution in [0.4, 0.5) is 0 Å². The highest BCUT2D eigenvalue weighted by Crippen LogP contribution is 2.35. The maximum Gasteiger partial charge on any atom is 0.126 e. The van der Waals surface area contributed by atoms with E-state index in [2.05, 4.69) is 5.32 Å². The van der Waals surface area contributed by atoms with E-state index in [4.69, 9.17) is 25.8 Å². The number of benzene rings is 1. The summed E-state index contributed by atoms with van der Waals surface area (Å²) in [4.78, 5) is 0. The molecule has 100 valence electrons. The van der Waals surface area contributed by atoms with Crippen molar-refractivity contribution in [3.05, 3.63) is 28.3 Å². The first-order chi connectivity index (χ1) is 8.76. The summed E-state index contributed by atoms with van der Waals surface area (Å²) >= 11 is 6.08. The van der Waals surface area contributed by atoms with Gasteiger partial charge in [0.1, 0.15) is 5.75 Å². The fourth-order valence-electron chi connectivity index (χ4n) is 2.21. The first-order valence-electron chi connectivity index (χ1n) is 5.93. The lowest BCUT2D eigenvalue weighted by Gasteiger charge is -2.27. The van der Waals surface area contributed by atoms with Crippen LogP contribution in [0.2, 0.25) is 5.02 Å². The average molecular weight is 272 g/mol. The smallest absolute Gasteiger partial charge is 0.126 e. The van der Waals surface area contributed by atoms with E-state index in [0.29, 0.717) is 18.2 Å². The zero-order valence-electron chi connectivity index (χ0n) is 10.7. The van der Waals surface area contributed by atoms with Gasteiger partial charge in [0.25, 0.3) is 0 Å². The van der Waals surface area contributed by atoms with Crippen LogP contribution in [0.25, 0.3) is 0 Å². The van der Waals surface area contributed by atoms with E-state index >= 15 is 0 Å². The van der Waals surface area contributed by atoms with Crippen molar-refractivity contribution in [1.82, 2.24) is 5.32 Å². The molecule has 1 aromatic rings. The second kappa shape index (κ2) is 6.38. The SMILES string of the molecule is COCc1cc(Cl)cc(OC)c1C1CNCCO1. The van der Waals surface area contributed by atoms with Crippen molar-refractivity contribution < 1.29 is 14.2 Å². The molecule has 1 aromatic carbocycles. The van der Waals surface area contributed by atoms with Crippen LogP contribution in [0.1, 0.15) is 17.2 Å². The Hall–Kier alpha value is -0.810. The van der Waals surface area contributed by atoms with E-state index in [9.17, 15) is 0 Å². The molecular weight excluding hydrogens is 254 g/mol. The van der Waals surface area contributed by atoms with Crippen molar-refractivity contribution in [1.29, 1.82) is 0 Å². The molecule has 1 unspecified atom stereocenters. The van der Waals surface area contributed by atoms with Crippen LogP contribution in [-0.2, 0) is 16.1 Å². The number of halogens is 1. The molecule has 2 rings (SSSR count). The van der Waals surface area contributed by atoms with Crippen LogP contribution in [0.3, 0.4) is 0 Å². The summed E-state index contributed by atoms with van der Waals surface area (Å²) in [7, 11) is 3.30. The summed E-state index contributed by atoms with van der Waals surface area (Å²) in [5, 5.41) is 3.96. The van der Waals surface area contributed by atoms with Gasteiger partial charge in [0.05, 0.1) is 26.4 Å². The van der Waals surface area contributed by atoms with Crippen molar-refractivity contribution in [2.24, 2.45) is 0 Å². The Labute approximate surface area is 112 Å². The molecule has 1 aliphatic rings. The minimum absolute atomic E-state index is 0.0175. The largest absolute Gasteiger partial charge is 0.496 e. The highest BCUT2D eigenvalue weighted by molar-refractivity contribution is 6.30. The highest BCUT2D eigenvalue weighted by atomic mass is 35.5. The molecule has 0 radical (unpaired) electrons. The van der Waals surface area contributed by atoms with Gasteiger partial charge in [-0.25, -0.2) is 0 Å². The molecule has 1 N–H and O–H groups in total. The Morgan fingerprint density at radius 1 is 1.44 bits per heavy atom. The van der Waals surface area contributed by atoms with Crippen LogP contribution in [0.5, 0.6) is 5.75 Å². The summed E-state index contributed by atoms with van der Waals surface area (Å²) in [5.41, 5.74) is 2.03. The summed E-state index contributed by atoms with van der Waals surface area (Å²) in [5.74, 6) is 0.753. The van der Waals surface area contributed by atoms with Crippen molar-refractivity contribution >= 4 is 11.6 Å². The van der Waals surface area contributed by atoms with Crippen molar-refractivity contribution in [3.63, 3.8) is 0 Å². The first-order valence-corrected chi connectivity index (χ1v) is 6.31. The second-order valence-electron chi connectivity index (χ2n) is 4.18. The molecule has 1 saturated heterocycles. The summed E-state index contributed by atoms with van der Waals surface area (Å²) < 4.78 is 16.4. The maximum atomic E-state index is 6.08. The normalized spacial score (nSPS) is 19.8. The number of hydrogen-bond acceptors (Lipinski definition) is 4. The van der Waals surface area contributed by atoms with Crippen molar-refractivity contribution in [2.45, 2.75) is 12.7 Å². The van der Waals surface area contributed by atoms with Gasteiger partial charge in [-0.3, -0.25) is 0 Å². The monoisotopic (exact) mass is 271 g/mol. The Morgan fingerprint density at radius 3 is 2.89 bits per heavy atom. The van der Waals surface area contributed by atoms with Gasteiger partial charge in [-0.2, -0.15) is 0 Å². The molecule has 1 atom stereocenters. The van der Waals surface area contributed by atoms with Gasteiger partial charge in [-0.1, -0.05) is 11.6 Å². The Morgan fingerprint density at radius 2 is 2.28 bits per heavy atom.